The lowest BCUT2D eigenvalue weighted by Crippen LogP contribution is -2.55. The minimum absolute atomic E-state index is 0.266. The standard InChI is InChI=1S/C16H23N3O4S/c1-15(2,3)24(22)18-12-11-5-4-8-17-13(11)23-16(12)6-9-19(10-7-16)14(20)21/h4-5,8,12,18H,6-7,9-10H2,1-3H3,(H,20,21)/t12-,24?/m1/s1. The van der Waals surface area contributed by atoms with Crippen molar-refractivity contribution in [1.82, 2.24) is 14.6 Å². The number of amides is 1. The molecular weight excluding hydrogens is 330 g/mol. The summed E-state index contributed by atoms with van der Waals surface area (Å²) in [6, 6.07) is 3.50. The smallest absolute Gasteiger partial charge is 0.407 e. The van der Waals surface area contributed by atoms with Crippen LogP contribution in [0.1, 0.15) is 45.2 Å². The molecule has 1 saturated heterocycles. The molecule has 3 heterocycles. The fraction of sp³-hybridized carbons (Fsp3) is 0.625. The van der Waals surface area contributed by atoms with E-state index in [-0.39, 0.29) is 6.04 Å². The Hall–Kier alpha value is -1.51. The SMILES string of the molecule is CC(C)(C)[S+]([O-])N[C@@H]1c2cccnc2OC12CCN(C(=O)O)CC2. The van der Waals surface area contributed by atoms with Crippen LogP contribution in [0.4, 0.5) is 4.79 Å². The Morgan fingerprint density at radius 2 is 2.17 bits per heavy atom. The molecule has 2 N–H and O–H groups in total. The van der Waals surface area contributed by atoms with Gasteiger partial charge in [0.25, 0.3) is 0 Å². The van der Waals surface area contributed by atoms with Crippen molar-refractivity contribution < 1.29 is 19.2 Å². The average molecular weight is 353 g/mol. The molecule has 132 valence electrons. The van der Waals surface area contributed by atoms with Crippen LogP contribution in [-0.2, 0) is 11.4 Å². The molecule has 2 aliphatic heterocycles. The Morgan fingerprint density at radius 1 is 1.50 bits per heavy atom. The molecular formula is C16H23N3O4S. The second-order valence-corrected chi connectivity index (χ2v) is 9.26. The summed E-state index contributed by atoms with van der Waals surface area (Å²) in [5.74, 6) is 0.546. The number of hydrogen-bond acceptors (Lipinski definition) is 5. The van der Waals surface area contributed by atoms with Gasteiger partial charge in [0.05, 0.1) is 0 Å². The van der Waals surface area contributed by atoms with Gasteiger partial charge in [0, 0.05) is 49.1 Å². The first-order valence-electron chi connectivity index (χ1n) is 8.03. The number of hydrogen-bond donors (Lipinski definition) is 2. The number of nitrogens with zero attached hydrogens (tertiary/aromatic N) is 2. The molecule has 7 nitrogen and oxygen atoms in total. The number of rotatable bonds is 2. The van der Waals surface area contributed by atoms with Gasteiger partial charge in [-0.15, -0.1) is 4.72 Å². The van der Waals surface area contributed by atoms with Crippen LogP contribution in [0, 0.1) is 0 Å². The first-order chi connectivity index (χ1) is 11.2. The number of carbonyl (C=O) groups is 1. The van der Waals surface area contributed by atoms with Gasteiger partial charge in [-0.2, -0.15) is 0 Å². The maximum absolute atomic E-state index is 12.6. The van der Waals surface area contributed by atoms with E-state index < -0.39 is 27.8 Å². The normalized spacial score (nSPS) is 23.7. The van der Waals surface area contributed by atoms with Crippen molar-refractivity contribution in [2.45, 2.75) is 50.0 Å². The Kier molecular flexibility index (Phi) is 4.39. The Balaban J connectivity index is 1.87. The summed E-state index contributed by atoms with van der Waals surface area (Å²) in [7, 11) is 0. The molecule has 3 rings (SSSR count). The lowest BCUT2D eigenvalue weighted by molar-refractivity contribution is -0.00144. The van der Waals surface area contributed by atoms with E-state index in [2.05, 4.69) is 9.71 Å². The number of nitrogens with one attached hydrogen (secondary N) is 1. The van der Waals surface area contributed by atoms with Crippen LogP contribution in [0.25, 0.3) is 0 Å². The molecule has 2 aliphatic rings. The third-order valence-corrected chi connectivity index (χ3v) is 6.16. The monoisotopic (exact) mass is 353 g/mol. The van der Waals surface area contributed by atoms with E-state index in [0.717, 1.165) is 5.56 Å². The molecule has 1 aromatic rings. The van der Waals surface area contributed by atoms with Crippen molar-refractivity contribution in [3.8, 4) is 5.88 Å². The van der Waals surface area contributed by atoms with Crippen LogP contribution in [0.2, 0.25) is 0 Å². The van der Waals surface area contributed by atoms with Gasteiger partial charge in [-0.25, -0.2) is 9.78 Å². The summed E-state index contributed by atoms with van der Waals surface area (Å²) < 4.78 is 21.6. The second-order valence-electron chi connectivity index (χ2n) is 7.27. The van der Waals surface area contributed by atoms with Crippen LogP contribution in [-0.4, -0.2) is 49.1 Å². The molecule has 0 radical (unpaired) electrons. The average Bonchev–Trinajstić information content (AvgIpc) is 2.80. The fourth-order valence-corrected chi connectivity index (χ4v) is 4.07. The Morgan fingerprint density at radius 3 is 2.75 bits per heavy atom. The Bertz CT molecular complexity index is 626. The predicted molar refractivity (Wildman–Crippen MR) is 90.2 cm³/mol. The van der Waals surface area contributed by atoms with Gasteiger partial charge in [0.15, 0.2) is 0 Å². The maximum atomic E-state index is 12.6. The number of likely N-dealkylation sites (tertiary alicyclic amines) is 1. The largest absolute Gasteiger partial charge is 0.598 e. The third kappa shape index (κ3) is 3.05. The number of piperidine rings is 1. The number of fused-ring (bicyclic) bond motifs is 1. The van der Waals surface area contributed by atoms with Crippen molar-refractivity contribution in [1.29, 1.82) is 0 Å². The van der Waals surface area contributed by atoms with Crippen LogP contribution >= 0.6 is 0 Å². The van der Waals surface area contributed by atoms with Gasteiger partial charge in [-0.3, -0.25) is 0 Å². The van der Waals surface area contributed by atoms with Crippen molar-refractivity contribution in [3.63, 3.8) is 0 Å². The fourth-order valence-electron chi connectivity index (χ4n) is 3.17. The molecule has 1 unspecified atom stereocenters. The molecule has 0 aromatic carbocycles. The van der Waals surface area contributed by atoms with Crippen LogP contribution in [0.15, 0.2) is 18.3 Å². The molecule has 0 bridgehead atoms. The quantitative estimate of drug-likeness (QED) is 0.790. The maximum Gasteiger partial charge on any atom is 0.407 e. The molecule has 0 aliphatic carbocycles. The lowest BCUT2D eigenvalue weighted by atomic mass is 9.83. The van der Waals surface area contributed by atoms with Crippen molar-refractivity contribution >= 4 is 17.5 Å². The number of pyridine rings is 1. The third-order valence-electron chi connectivity index (χ3n) is 4.60. The van der Waals surface area contributed by atoms with Gasteiger partial charge in [-0.1, -0.05) is 6.07 Å². The van der Waals surface area contributed by atoms with E-state index in [0.29, 0.717) is 31.8 Å². The minimum atomic E-state index is -1.27. The topological polar surface area (TPSA) is 97.8 Å². The minimum Gasteiger partial charge on any atom is -0.598 e. The summed E-state index contributed by atoms with van der Waals surface area (Å²) in [5.41, 5.74) is 0.280. The van der Waals surface area contributed by atoms with E-state index in [1.165, 1.54) is 4.90 Å². The summed E-state index contributed by atoms with van der Waals surface area (Å²) in [4.78, 5) is 16.9. The first-order valence-corrected chi connectivity index (χ1v) is 9.18. The van der Waals surface area contributed by atoms with Crippen LogP contribution < -0.4 is 9.46 Å². The highest BCUT2D eigenvalue weighted by molar-refractivity contribution is 7.90. The highest BCUT2D eigenvalue weighted by atomic mass is 32.2. The summed E-state index contributed by atoms with van der Waals surface area (Å²) in [5, 5.41) is 9.17. The van der Waals surface area contributed by atoms with Crippen LogP contribution in [0.5, 0.6) is 5.88 Å². The molecule has 1 amide bonds. The number of aromatic nitrogens is 1. The van der Waals surface area contributed by atoms with Crippen molar-refractivity contribution in [3.05, 3.63) is 23.9 Å². The van der Waals surface area contributed by atoms with Gasteiger partial charge in [0.2, 0.25) is 5.88 Å². The van der Waals surface area contributed by atoms with Crippen molar-refractivity contribution in [2.24, 2.45) is 0 Å². The zero-order valence-electron chi connectivity index (χ0n) is 14.1. The van der Waals surface area contributed by atoms with E-state index in [4.69, 9.17) is 9.84 Å². The van der Waals surface area contributed by atoms with E-state index >= 15 is 0 Å². The van der Waals surface area contributed by atoms with Gasteiger partial charge < -0.3 is 19.3 Å². The van der Waals surface area contributed by atoms with Gasteiger partial charge >= 0.3 is 6.09 Å². The Labute approximate surface area is 144 Å². The molecule has 1 fully saturated rings. The van der Waals surface area contributed by atoms with Gasteiger partial charge in [-0.05, 0) is 26.8 Å². The number of carboxylic acid groups (broad SMARTS) is 1. The highest BCUT2D eigenvalue weighted by Crippen LogP contribution is 2.48. The molecule has 1 aromatic heterocycles. The van der Waals surface area contributed by atoms with Gasteiger partial charge in [0.1, 0.15) is 16.4 Å². The first kappa shape index (κ1) is 17.3. The molecule has 2 atom stereocenters. The summed E-state index contributed by atoms with van der Waals surface area (Å²) in [6.07, 6.45) is 1.83. The lowest BCUT2D eigenvalue weighted by Gasteiger charge is -2.41. The molecule has 8 heteroatoms. The number of ether oxygens (including phenoxy) is 1. The van der Waals surface area contributed by atoms with Crippen LogP contribution in [0.3, 0.4) is 0 Å². The molecule has 0 saturated carbocycles. The summed E-state index contributed by atoms with van der Waals surface area (Å²) in [6.45, 7) is 6.52. The predicted octanol–water partition coefficient (Wildman–Crippen LogP) is 2.08. The zero-order valence-corrected chi connectivity index (χ0v) is 14.9. The zero-order chi connectivity index (χ0) is 17.5. The second kappa shape index (κ2) is 6.09. The summed E-state index contributed by atoms with van der Waals surface area (Å²) >= 11 is -1.27. The van der Waals surface area contributed by atoms with E-state index in [1.54, 1.807) is 6.20 Å². The van der Waals surface area contributed by atoms with E-state index in [1.807, 2.05) is 32.9 Å². The molecule has 1 spiro atoms. The highest BCUT2D eigenvalue weighted by Gasteiger charge is 2.53. The van der Waals surface area contributed by atoms with E-state index in [9.17, 15) is 9.35 Å². The molecule has 24 heavy (non-hydrogen) atoms. The van der Waals surface area contributed by atoms with Crippen molar-refractivity contribution in [2.75, 3.05) is 13.1 Å².